The quantitative estimate of drug-likeness (QED) is 0.340. The number of hydrogen-bond donors (Lipinski definition) is 3. The minimum absolute atomic E-state index is 0.883. The van der Waals surface area contributed by atoms with Crippen molar-refractivity contribution in [3.8, 4) is 0 Å². The lowest BCUT2D eigenvalue weighted by atomic mass is 10.5. The summed E-state index contributed by atoms with van der Waals surface area (Å²) in [4.78, 5) is 4.11. The Kier molecular flexibility index (Phi) is 12.1. The molecule has 0 aliphatic heterocycles. The summed E-state index contributed by atoms with van der Waals surface area (Å²) in [6.45, 7) is 11.1. The van der Waals surface area contributed by atoms with Crippen molar-refractivity contribution in [2.24, 2.45) is 4.99 Å². The number of aliphatic imine (C=N–C) groups is 1. The summed E-state index contributed by atoms with van der Waals surface area (Å²) >= 11 is 0. The molecule has 0 aliphatic carbocycles. The van der Waals surface area contributed by atoms with E-state index in [1.807, 2.05) is 13.1 Å². The maximum Gasteiger partial charge on any atom is 0.0510 e. The van der Waals surface area contributed by atoms with Crippen LogP contribution in [0.2, 0.25) is 0 Å². The molecule has 0 rings (SSSR count). The SMILES string of the molecule is CC=NCCNCCNCCNCC. The normalized spacial score (nSPS) is 11.3. The molecular weight excluding hydrogens is 176 g/mol. The van der Waals surface area contributed by atoms with Crippen molar-refractivity contribution in [2.45, 2.75) is 13.8 Å². The molecule has 0 spiro atoms. The third-order valence-corrected chi connectivity index (χ3v) is 1.81. The third kappa shape index (κ3) is 11.6. The lowest BCUT2D eigenvalue weighted by molar-refractivity contribution is 0.591. The number of nitrogens with zero attached hydrogens (tertiary/aromatic N) is 1. The minimum Gasteiger partial charge on any atom is -0.316 e. The summed E-state index contributed by atoms with van der Waals surface area (Å²) in [5, 5.41) is 9.93. The van der Waals surface area contributed by atoms with E-state index in [1.165, 1.54) is 0 Å². The third-order valence-electron chi connectivity index (χ3n) is 1.81. The lowest BCUT2D eigenvalue weighted by Gasteiger charge is -2.05. The van der Waals surface area contributed by atoms with Crippen LogP contribution in [0.4, 0.5) is 0 Å². The average molecular weight is 200 g/mol. The van der Waals surface area contributed by atoms with Gasteiger partial charge in [-0.15, -0.1) is 0 Å². The molecule has 0 saturated carbocycles. The zero-order valence-corrected chi connectivity index (χ0v) is 9.47. The molecule has 0 aromatic rings. The number of rotatable bonds is 10. The Labute approximate surface area is 87.6 Å². The Morgan fingerprint density at radius 1 is 0.929 bits per heavy atom. The molecule has 0 amide bonds. The average Bonchev–Trinajstić information content (AvgIpc) is 2.21. The molecule has 0 bridgehead atoms. The highest BCUT2D eigenvalue weighted by Gasteiger charge is 1.87. The molecule has 0 radical (unpaired) electrons. The number of likely N-dealkylation sites (N-methyl/N-ethyl adjacent to an activating group) is 1. The Morgan fingerprint density at radius 2 is 1.50 bits per heavy atom. The van der Waals surface area contributed by atoms with Crippen molar-refractivity contribution in [1.82, 2.24) is 16.0 Å². The molecule has 0 saturated heterocycles. The molecule has 0 aromatic heterocycles. The summed E-state index contributed by atoms with van der Waals surface area (Å²) in [6, 6.07) is 0. The summed E-state index contributed by atoms with van der Waals surface area (Å²) in [5.41, 5.74) is 0. The van der Waals surface area contributed by atoms with Gasteiger partial charge in [0.05, 0.1) is 6.54 Å². The van der Waals surface area contributed by atoms with Crippen LogP contribution in [0, 0.1) is 0 Å². The zero-order valence-electron chi connectivity index (χ0n) is 9.47. The van der Waals surface area contributed by atoms with E-state index in [0.717, 1.165) is 45.8 Å². The fourth-order valence-electron chi connectivity index (χ4n) is 1.05. The number of nitrogens with one attached hydrogen (secondary N) is 3. The maximum absolute atomic E-state index is 4.11. The van der Waals surface area contributed by atoms with E-state index in [9.17, 15) is 0 Å². The Bertz CT molecular complexity index is 125. The predicted octanol–water partition coefficient (Wildman–Crippen LogP) is -0.134. The number of hydrogen-bond acceptors (Lipinski definition) is 4. The van der Waals surface area contributed by atoms with Gasteiger partial charge in [0.15, 0.2) is 0 Å². The van der Waals surface area contributed by atoms with Crippen LogP contribution in [0.15, 0.2) is 4.99 Å². The topological polar surface area (TPSA) is 48.5 Å². The fraction of sp³-hybridized carbons (Fsp3) is 0.900. The second-order valence-corrected chi connectivity index (χ2v) is 3.02. The van der Waals surface area contributed by atoms with Crippen molar-refractivity contribution < 1.29 is 0 Å². The van der Waals surface area contributed by atoms with E-state index in [4.69, 9.17) is 0 Å². The highest BCUT2D eigenvalue weighted by atomic mass is 15.0. The summed E-state index contributed by atoms with van der Waals surface area (Å²) in [7, 11) is 0. The first-order chi connectivity index (χ1) is 6.91. The van der Waals surface area contributed by atoms with E-state index in [-0.39, 0.29) is 0 Å². The molecule has 0 unspecified atom stereocenters. The van der Waals surface area contributed by atoms with Crippen molar-refractivity contribution in [2.75, 3.05) is 45.8 Å². The van der Waals surface area contributed by atoms with Crippen LogP contribution < -0.4 is 16.0 Å². The van der Waals surface area contributed by atoms with Crippen molar-refractivity contribution in [1.29, 1.82) is 0 Å². The van der Waals surface area contributed by atoms with Gasteiger partial charge in [-0.25, -0.2) is 0 Å². The molecule has 0 heterocycles. The summed E-state index contributed by atoms with van der Waals surface area (Å²) in [5.74, 6) is 0. The zero-order chi connectivity index (χ0) is 10.5. The molecule has 0 aromatic carbocycles. The van der Waals surface area contributed by atoms with Gasteiger partial charge in [-0.3, -0.25) is 4.99 Å². The van der Waals surface area contributed by atoms with E-state index >= 15 is 0 Å². The van der Waals surface area contributed by atoms with Gasteiger partial charge in [0.25, 0.3) is 0 Å². The minimum atomic E-state index is 0.883. The van der Waals surface area contributed by atoms with Gasteiger partial charge in [-0.1, -0.05) is 6.92 Å². The van der Waals surface area contributed by atoms with E-state index in [2.05, 4.69) is 27.9 Å². The highest BCUT2D eigenvalue weighted by Crippen LogP contribution is 1.66. The molecule has 4 heteroatoms. The van der Waals surface area contributed by atoms with Gasteiger partial charge < -0.3 is 16.0 Å². The van der Waals surface area contributed by atoms with Crippen LogP contribution in [0.25, 0.3) is 0 Å². The smallest absolute Gasteiger partial charge is 0.0510 e. The first kappa shape index (κ1) is 13.5. The van der Waals surface area contributed by atoms with E-state index in [0.29, 0.717) is 0 Å². The van der Waals surface area contributed by atoms with Gasteiger partial charge >= 0.3 is 0 Å². The first-order valence-corrected chi connectivity index (χ1v) is 5.48. The van der Waals surface area contributed by atoms with Crippen LogP contribution in [0.3, 0.4) is 0 Å². The van der Waals surface area contributed by atoms with Crippen LogP contribution in [0.1, 0.15) is 13.8 Å². The van der Waals surface area contributed by atoms with Crippen LogP contribution in [-0.4, -0.2) is 52.0 Å². The molecule has 14 heavy (non-hydrogen) atoms. The van der Waals surface area contributed by atoms with Gasteiger partial charge in [0.1, 0.15) is 0 Å². The van der Waals surface area contributed by atoms with E-state index < -0.39 is 0 Å². The molecule has 0 atom stereocenters. The molecule has 0 aliphatic rings. The second-order valence-electron chi connectivity index (χ2n) is 3.02. The van der Waals surface area contributed by atoms with Crippen LogP contribution >= 0.6 is 0 Å². The molecular formula is C10H24N4. The lowest BCUT2D eigenvalue weighted by Crippen LogP contribution is -2.33. The Balaban J connectivity index is 2.85. The maximum atomic E-state index is 4.11. The molecule has 84 valence electrons. The van der Waals surface area contributed by atoms with Crippen molar-refractivity contribution in [3.63, 3.8) is 0 Å². The largest absolute Gasteiger partial charge is 0.316 e. The van der Waals surface area contributed by atoms with Gasteiger partial charge in [-0.2, -0.15) is 0 Å². The van der Waals surface area contributed by atoms with Gasteiger partial charge in [0.2, 0.25) is 0 Å². The van der Waals surface area contributed by atoms with Crippen LogP contribution in [-0.2, 0) is 0 Å². The Morgan fingerprint density at radius 3 is 2.07 bits per heavy atom. The summed E-state index contributed by atoms with van der Waals surface area (Å²) in [6.07, 6.45) is 1.84. The fourth-order valence-corrected chi connectivity index (χ4v) is 1.05. The molecule has 3 N–H and O–H groups in total. The first-order valence-electron chi connectivity index (χ1n) is 5.48. The predicted molar refractivity (Wildman–Crippen MR) is 63.3 cm³/mol. The standard InChI is InChI=1S/C10H24N4/c1-3-11-5-7-13-9-10-14-8-6-12-4-2/h3,12-14H,4-10H2,1-2H3. The molecule has 4 nitrogen and oxygen atoms in total. The summed E-state index contributed by atoms with van der Waals surface area (Å²) < 4.78 is 0. The Hall–Kier alpha value is -0.450. The molecule has 0 fully saturated rings. The van der Waals surface area contributed by atoms with Gasteiger partial charge in [-0.05, 0) is 19.7 Å². The van der Waals surface area contributed by atoms with Crippen molar-refractivity contribution in [3.05, 3.63) is 0 Å². The van der Waals surface area contributed by atoms with Crippen LogP contribution in [0.5, 0.6) is 0 Å². The van der Waals surface area contributed by atoms with Gasteiger partial charge in [0, 0.05) is 32.7 Å². The monoisotopic (exact) mass is 200 g/mol. The van der Waals surface area contributed by atoms with E-state index in [1.54, 1.807) is 0 Å². The second kappa shape index (κ2) is 12.6. The van der Waals surface area contributed by atoms with Crippen molar-refractivity contribution >= 4 is 6.21 Å². The highest BCUT2D eigenvalue weighted by molar-refractivity contribution is 5.53.